The highest BCUT2D eigenvalue weighted by Crippen LogP contribution is 2.38. The zero-order valence-corrected chi connectivity index (χ0v) is 12.2. The molecular formula is C17H21NO3. The minimum Gasteiger partial charge on any atom is -0.497 e. The van der Waals surface area contributed by atoms with E-state index in [2.05, 4.69) is 13.2 Å². The average Bonchev–Trinajstić information content (AvgIpc) is 2.50. The Labute approximate surface area is 125 Å². The molecule has 0 radical (unpaired) electrons. The maximum absolute atomic E-state index is 12.3. The van der Waals surface area contributed by atoms with Crippen LogP contribution in [0.5, 0.6) is 5.75 Å². The van der Waals surface area contributed by atoms with Crippen LogP contribution in [0.4, 0.5) is 5.69 Å². The van der Waals surface area contributed by atoms with E-state index in [9.17, 15) is 9.90 Å². The number of carbonyl (C=O) groups excluding carboxylic acids is 1. The summed E-state index contributed by atoms with van der Waals surface area (Å²) in [5.41, 5.74) is 0.772. The van der Waals surface area contributed by atoms with Gasteiger partial charge in [0.15, 0.2) is 0 Å². The fraction of sp³-hybridized carbons (Fsp3) is 0.353. The normalized spacial score (nSPS) is 22.4. The number of rotatable bonds is 7. The standard InChI is InChI=1S/C17H21NO3/c1-4-6-14-16(15(19)7-5-2)18(17(14)20)12-8-10-13(21-3)11-9-12/h4-5,8-11,14-16,19H,1-2,6-7H2,3H3/t14-,15-,16-/m0/s1. The second kappa shape index (κ2) is 6.59. The van der Waals surface area contributed by atoms with E-state index in [0.29, 0.717) is 12.8 Å². The predicted molar refractivity (Wildman–Crippen MR) is 83.4 cm³/mol. The summed E-state index contributed by atoms with van der Waals surface area (Å²) in [6.45, 7) is 7.34. The van der Waals surface area contributed by atoms with E-state index in [1.807, 2.05) is 12.1 Å². The van der Waals surface area contributed by atoms with Crippen molar-refractivity contribution in [2.24, 2.45) is 5.92 Å². The van der Waals surface area contributed by atoms with Crippen molar-refractivity contribution < 1.29 is 14.6 Å². The van der Waals surface area contributed by atoms with Crippen molar-refractivity contribution in [3.05, 3.63) is 49.6 Å². The minimum absolute atomic E-state index is 0.0215. The summed E-state index contributed by atoms with van der Waals surface area (Å²) in [5, 5.41) is 10.3. The smallest absolute Gasteiger partial charge is 0.232 e. The number of benzene rings is 1. The first-order chi connectivity index (χ1) is 10.1. The fourth-order valence-corrected chi connectivity index (χ4v) is 2.78. The largest absolute Gasteiger partial charge is 0.497 e. The summed E-state index contributed by atoms with van der Waals surface area (Å²) in [6.07, 6.45) is 3.81. The van der Waals surface area contributed by atoms with E-state index in [4.69, 9.17) is 4.74 Å². The molecule has 0 unspecified atom stereocenters. The zero-order valence-electron chi connectivity index (χ0n) is 12.2. The summed E-state index contributed by atoms with van der Waals surface area (Å²) in [7, 11) is 1.60. The van der Waals surface area contributed by atoms with Crippen LogP contribution in [0.2, 0.25) is 0 Å². The molecule has 0 bridgehead atoms. The molecule has 4 heteroatoms. The van der Waals surface area contributed by atoms with Crippen LogP contribution in [0.1, 0.15) is 12.8 Å². The van der Waals surface area contributed by atoms with Crippen LogP contribution < -0.4 is 9.64 Å². The van der Waals surface area contributed by atoms with Gasteiger partial charge in [-0.25, -0.2) is 0 Å². The van der Waals surface area contributed by atoms with Gasteiger partial charge in [-0.05, 0) is 37.1 Å². The first kappa shape index (κ1) is 15.3. The van der Waals surface area contributed by atoms with Crippen molar-refractivity contribution >= 4 is 11.6 Å². The van der Waals surface area contributed by atoms with Gasteiger partial charge in [0.25, 0.3) is 0 Å². The van der Waals surface area contributed by atoms with Crippen molar-refractivity contribution in [2.45, 2.75) is 25.0 Å². The fourth-order valence-electron chi connectivity index (χ4n) is 2.78. The molecule has 3 atom stereocenters. The molecule has 0 saturated carbocycles. The average molecular weight is 287 g/mol. The number of β-lactam (4-membered cyclic amide) rings is 1. The summed E-state index contributed by atoms with van der Waals surface area (Å²) >= 11 is 0. The molecule has 1 aliphatic heterocycles. The lowest BCUT2D eigenvalue weighted by atomic mass is 9.79. The summed E-state index contributed by atoms with van der Waals surface area (Å²) in [5.74, 6) is 0.547. The van der Waals surface area contributed by atoms with Crippen LogP contribution >= 0.6 is 0 Å². The molecule has 0 aromatic heterocycles. The molecular weight excluding hydrogens is 266 g/mol. The molecule has 1 amide bonds. The number of hydrogen-bond donors (Lipinski definition) is 1. The molecule has 1 aromatic rings. The second-order valence-electron chi connectivity index (χ2n) is 5.12. The number of ether oxygens (including phenoxy) is 1. The third-order valence-corrected chi connectivity index (χ3v) is 3.84. The molecule has 0 spiro atoms. The second-order valence-corrected chi connectivity index (χ2v) is 5.12. The van der Waals surface area contributed by atoms with Crippen LogP contribution in [0.25, 0.3) is 0 Å². The van der Waals surface area contributed by atoms with Crippen molar-refractivity contribution in [2.75, 3.05) is 12.0 Å². The Balaban J connectivity index is 2.24. The van der Waals surface area contributed by atoms with Crippen LogP contribution in [-0.4, -0.2) is 30.3 Å². The molecule has 4 nitrogen and oxygen atoms in total. The number of nitrogens with zero attached hydrogens (tertiary/aromatic N) is 1. The third kappa shape index (κ3) is 2.85. The van der Waals surface area contributed by atoms with Gasteiger partial charge in [0.1, 0.15) is 5.75 Å². The molecule has 1 heterocycles. The lowest BCUT2D eigenvalue weighted by molar-refractivity contribution is -0.133. The monoisotopic (exact) mass is 287 g/mol. The van der Waals surface area contributed by atoms with E-state index in [1.165, 1.54) is 0 Å². The lowest BCUT2D eigenvalue weighted by Crippen LogP contribution is -2.65. The van der Waals surface area contributed by atoms with E-state index >= 15 is 0 Å². The molecule has 112 valence electrons. The van der Waals surface area contributed by atoms with Crippen molar-refractivity contribution in [3.63, 3.8) is 0 Å². The molecule has 1 N–H and O–H groups in total. The number of aliphatic hydroxyl groups excluding tert-OH is 1. The van der Waals surface area contributed by atoms with Crippen LogP contribution in [0.15, 0.2) is 49.6 Å². The van der Waals surface area contributed by atoms with Gasteiger partial charge in [-0.1, -0.05) is 12.2 Å². The van der Waals surface area contributed by atoms with Gasteiger partial charge in [-0.3, -0.25) is 4.79 Å². The number of allylic oxidation sites excluding steroid dienone is 1. The topological polar surface area (TPSA) is 49.8 Å². The Morgan fingerprint density at radius 2 is 2.00 bits per heavy atom. The van der Waals surface area contributed by atoms with E-state index in [1.54, 1.807) is 36.3 Å². The number of carbonyl (C=O) groups is 1. The highest BCUT2D eigenvalue weighted by Gasteiger charge is 2.50. The highest BCUT2D eigenvalue weighted by atomic mass is 16.5. The Hall–Kier alpha value is -2.07. The molecule has 2 rings (SSSR count). The van der Waals surface area contributed by atoms with E-state index in [0.717, 1.165) is 11.4 Å². The Morgan fingerprint density at radius 3 is 2.52 bits per heavy atom. The number of aliphatic hydroxyl groups is 1. The highest BCUT2D eigenvalue weighted by molar-refractivity contribution is 6.03. The van der Waals surface area contributed by atoms with Crippen molar-refractivity contribution in [1.29, 1.82) is 0 Å². The zero-order chi connectivity index (χ0) is 15.4. The Bertz CT molecular complexity index is 523. The number of anilines is 1. The van der Waals surface area contributed by atoms with E-state index in [-0.39, 0.29) is 17.9 Å². The molecule has 21 heavy (non-hydrogen) atoms. The van der Waals surface area contributed by atoms with E-state index < -0.39 is 6.10 Å². The van der Waals surface area contributed by atoms with Crippen LogP contribution in [0.3, 0.4) is 0 Å². The minimum atomic E-state index is -0.618. The van der Waals surface area contributed by atoms with Gasteiger partial charge in [-0.15, -0.1) is 13.2 Å². The molecule has 1 aliphatic rings. The molecule has 1 aromatic carbocycles. The maximum atomic E-state index is 12.3. The maximum Gasteiger partial charge on any atom is 0.232 e. The summed E-state index contributed by atoms with van der Waals surface area (Å²) in [6, 6.07) is 7.03. The number of hydrogen-bond acceptors (Lipinski definition) is 3. The number of amides is 1. The first-order valence-corrected chi connectivity index (χ1v) is 7.01. The van der Waals surface area contributed by atoms with Crippen LogP contribution in [0, 0.1) is 5.92 Å². The third-order valence-electron chi connectivity index (χ3n) is 3.84. The summed E-state index contributed by atoms with van der Waals surface area (Å²) in [4.78, 5) is 14.0. The van der Waals surface area contributed by atoms with Crippen molar-refractivity contribution in [3.8, 4) is 5.75 Å². The Morgan fingerprint density at radius 1 is 1.33 bits per heavy atom. The van der Waals surface area contributed by atoms with Gasteiger partial charge in [0.2, 0.25) is 5.91 Å². The van der Waals surface area contributed by atoms with Crippen molar-refractivity contribution in [1.82, 2.24) is 0 Å². The van der Waals surface area contributed by atoms with Gasteiger partial charge in [0.05, 0.1) is 25.2 Å². The quantitative estimate of drug-likeness (QED) is 0.619. The molecule has 1 saturated heterocycles. The predicted octanol–water partition coefficient (Wildman–Crippen LogP) is 2.54. The van der Waals surface area contributed by atoms with Gasteiger partial charge in [-0.2, -0.15) is 0 Å². The van der Waals surface area contributed by atoms with Gasteiger partial charge >= 0.3 is 0 Å². The lowest BCUT2D eigenvalue weighted by Gasteiger charge is -2.49. The van der Waals surface area contributed by atoms with Crippen LogP contribution in [-0.2, 0) is 4.79 Å². The van der Waals surface area contributed by atoms with Gasteiger partial charge in [0, 0.05) is 5.69 Å². The first-order valence-electron chi connectivity index (χ1n) is 7.01. The molecule has 0 aliphatic carbocycles. The van der Waals surface area contributed by atoms with Gasteiger partial charge < -0.3 is 14.7 Å². The Kier molecular flexibility index (Phi) is 4.81. The molecule has 1 fully saturated rings. The summed E-state index contributed by atoms with van der Waals surface area (Å²) < 4.78 is 5.12. The number of methoxy groups -OCH3 is 1. The SMILES string of the molecule is C=CC[C@@H]1C(=O)N(c2ccc(OC)cc2)[C@@H]1[C@@H](O)CC=C.